The molecule has 1 aromatic carbocycles. The number of benzene rings is 1. The van der Waals surface area contributed by atoms with Crippen LogP contribution in [0.15, 0.2) is 12.1 Å². The molecule has 0 radical (unpaired) electrons. The third-order valence-electron chi connectivity index (χ3n) is 2.22. The topological polar surface area (TPSA) is 21.3 Å². The number of ether oxygens (including phenoxy) is 1. The lowest BCUT2D eigenvalue weighted by Crippen LogP contribution is -2.22. The Balaban J connectivity index is 2.69. The Morgan fingerprint density at radius 3 is 2.62 bits per heavy atom. The predicted octanol–water partition coefficient (Wildman–Crippen LogP) is 3.11. The highest BCUT2D eigenvalue weighted by Crippen LogP contribution is 2.19. The van der Waals surface area contributed by atoms with Crippen LogP contribution in [-0.4, -0.2) is 19.3 Å². The number of hydrogen-bond acceptors (Lipinski definition) is 2. The highest BCUT2D eigenvalue weighted by Gasteiger charge is 2.09. The van der Waals surface area contributed by atoms with E-state index >= 15 is 0 Å². The molecule has 0 aromatic heterocycles. The van der Waals surface area contributed by atoms with Crippen molar-refractivity contribution in [1.29, 1.82) is 0 Å². The van der Waals surface area contributed by atoms with Crippen LogP contribution in [0.4, 0.5) is 14.5 Å². The monoisotopic (exact) mass is 229 g/mol. The first-order valence-electron chi connectivity index (χ1n) is 5.34. The van der Waals surface area contributed by atoms with E-state index < -0.39 is 11.6 Å². The fraction of sp³-hybridized carbons (Fsp3) is 0.500. The minimum absolute atomic E-state index is 0.0587. The molecule has 1 atom stereocenters. The van der Waals surface area contributed by atoms with Crippen LogP contribution in [0.5, 0.6) is 0 Å². The van der Waals surface area contributed by atoms with Gasteiger partial charge in [-0.15, -0.1) is 0 Å². The van der Waals surface area contributed by atoms with Gasteiger partial charge in [0, 0.05) is 18.7 Å². The third-order valence-corrected chi connectivity index (χ3v) is 2.22. The second-order valence-electron chi connectivity index (χ2n) is 3.79. The fourth-order valence-electron chi connectivity index (χ4n) is 1.36. The summed E-state index contributed by atoms with van der Waals surface area (Å²) in [5.74, 6) is -0.852. The van der Waals surface area contributed by atoms with E-state index in [-0.39, 0.29) is 11.7 Å². The Morgan fingerprint density at radius 2 is 2.00 bits per heavy atom. The number of nitrogens with one attached hydrogen (secondary N) is 1. The molecule has 0 saturated carbocycles. The van der Waals surface area contributed by atoms with E-state index in [9.17, 15) is 8.78 Å². The van der Waals surface area contributed by atoms with Crippen molar-refractivity contribution in [2.75, 3.05) is 18.5 Å². The van der Waals surface area contributed by atoms with Gasteiger partial charge in [-0.25, -0.2) is 8.78 Å². The molecule has 90 valence electrons. The summed E-state index contributed by atoms with van der Waals surface area (Å²) in [6.45, 7) is 6.35. The maximum atomic E-state index is 13.4. The molecule has 1 rings (SSSR count). The quantitative estimate of drug-likeness (QED) is 0.837. The van der Waals surface area contributed by atoms with Gasteiger partial charge in [-0.1, -0.05) is 0 Å². The van der Waals surface area contributed by atoms with Crippen molar-refractivity contribution >= 4 is 5.69 Å². The summed E-state index contributed by atoms with van der Waals surface area (Å²) in [5, 5.41) is 2.87. The third kappa shape index (κ3) is 3.45. The van der Waals surface area contributed by atoms with Gasteiger partial charge >= 0.3 is 0 Å². The largest absolute Gasteiger partial charge is 0.380 e. The zero-order valence-electron chi connectivity index (χ0n) is 9.81. The van der Waals surface area contributed by atoms with Crippen molar-refractivity contribution in [2.45, 2.75) is 26.8 Å². The van der Waals surface area contributed by atoms with E-state index in [0.717, 1.165) is 0 Å². The summed E-state index contributed by atoms with van der Waals surface area (Å²) < 4.78 is 31.8. The smallest absolute Gasteiger partial charge is 0.146 e. The highest BCUT2D eigenvalue weighted by atomic mass is 19.1. The van der Waals surface area contributed by atoms with E-state index in [4.69, 9.17) is 4.74 Å². The lowest BCUT2D eigenvalue weighted by atomic mass is 10.2. The summed E-state index contributed by atoms with van der Waals surface area (Å²) in [5.41, 5.74) is 0.482. The second-order valence-corrected chi connectivity index (χ2v) is 3.79. The zero-order valence-corrected chi connectivity index (χ0v) is 9.81. The summed E-state index contributed by atoms with van der Waals surface area (Å²) in [4.78, 5) is 0. The van der Waals surface area contributed by atoms with Crippen molar-refractivity contribution in [3.8, 4) is 0 Å². The first kappa shape index (κ1) is 12.9. The maximum absolute atomic E-state index is 13.4. The molecule has 1 unspecified atom stereocenters. The van der Waals surface area contributed by atoms with Crippen LogP contribution in [0, 0.1) is 18.6 Å². The zero-order chi connectivity index (χ0) is 12.1. The van der Waals surface area contributed by atoms with Gasteiger partial charge < -0.3 is 10.1 Å². The van der Waals surface area contributed by atoms with Gasteiger partial charge in [0.25, 0.3) is 0 Å². The van der Waals surface area contributed by atoms with E-state index in [2.05, 4.69) is 5.32 Å². The van der Waals surface area contributed by atoms with Crippen LogP contribution in [0.2, 0.25) is 0 Å². The number of halogens is 2. The summed E-state index contributed by atoms with van der Waals surface area (Å²) in [6.07, 6.45) is 0. The van der Waals surface area contributed by atoms with Gasteiger partial charge in [-0.2, -0.15) is 0 Å². The highest BCUT2D eigenvalue weighted by molar-refractivity contribution is 5.47. The minimum Gasteiger partial charge on any atom is -0.380 e. The molecule has 0 aliphatic rings. The Bertz CT molecular complexity index is 355. The van der Waals surface area contributed by atoms with Gasteiger partial charge in [-0.05, 0) is 32.4 Å². The Hall–Kier alpha value is -1.16. The molecular weight excluding hydrogens is 212 g/mol. The van der Waals surface area contributed by atoms with Crippen molar-refractivity contribution in [3.05, 3.63) is 29.3 Å². The van der Waals surface area contributed by atoms with Gasteiger partial charge in [-0.3, -0.25) is 0 Å². The van der Waals surface area contributed by atoms with E-state index in [0.29, 0.717) is 18.8 Å². The number of anilines is 1. The van der Waals surface area contributed by atoms with Crippen LogP contribution in [0.25, 0.3) is 0 Å². The Morgan fingerprint density at radius 1 is 1.31 bits per heavy atom. The van der Waals surface area contributed by atoms with Crippen molar-refractivity contribution in [1.82, 2.24) is 0 Å². The molecule has 0 aliphatic carbocycles. The first-order valence-corrected chi connectivity index (χ1v) is 5.34. The average molecular weight is 229 g/mol. The molecule has 0 heterocycles. The van der Waals surface area contributed by atoms with Crippen molar-refractivity contribution in [3.63, 3.8) is 0 Å². The molecule has 0 aliphatic heterocycles. The van der Waals surface area contributed by atoms with Crippen molar-refractivity contribution in [2.24, 2.45) is 0 Å². The molecule has 2 nitrogen and oxygen atoms in total. The van der Waals surface area contributed by atoms with Crippen LogP contribution >= 0.6 is 0 Å². The molecule has 1 N–H and O–H groups in total. The van der Waals surface area contributed by atoms with Crippen LogP contribution in [-0.2, 0) is 4.74 Å². The normalized spacial score (nSPS) is 12.6. The standard InChI is InChI=1S/C12H17F2NO/c1-4-16-7-9(3)15-12-6-10(13)8(2)5-11(12)14/h5-6,9,15H,4,7H2,1-3H3. The van der Waals surface area contributed by atoms with E-state index in [1.165, 1.54) is 19.1 Å². The number of hydrogen-bond donors (Lipinski definition) is 1. The van der Waals surface area contributed by atoms with Gasteiger partial charge in [0.15, 0.2) is 0 Å². The molecule has 0 amide bonds. The fourth-order valence-corrected chi connectivity index (χ4v) is 1.36. The lowest BCUT2D eigenvalue weighted by Gasteiger charge is -2.16. The van der Waals surface area contributed by atoms with Crippen LogP contribution in [0.3, 0.4) is 0 Å². The molecule has 4 heteroatoms. The van der Waals surface area contributed by atoms with E-state index in [1.54, 1.807) is 0 Å². The van der Waals surface area contributed by atoms with Gasteiger partial charge in [0.05, 0.1) is 12.3 Å². The van der Waals surface area contributed by atoms with Gasteiger partial charge in [0.1, 0.15) is 11.6 Å². The minimum atomic E-state index is -0.442. The summed E-state index contributed by atoms with van der Waals surface area (Å²) >= 11 is 0. The van der Waals surface area contributed by atoms with E-state index in [1.807, 2.05) is 13.8 Å². The van der Waals surface area contributed by atoms with Crippen molar-refractivity contribution < 1.29 is 13.5 Å². The first-order chi connectivity index (χ1) is 7.54. The Labute approximate surface area is 94.6 Å². The number of aryl methyl sites for hydroxylation is 1. The molecule has 16 heavy (non-hydrogen) atoms. The summed E-state index contributed by atoms with van der Waals surface area (Å²) in [7, 11) is 0. The van der Waals surface area contributed by atoms with Crippen LogP contribution in [0.1, 0.15) is 19.4 Å². The molecule has 0 saturated heterocycles. The lowest BCUT2D eigenvalue weighted by molar-refractivity contribution is 0.141. The van der Waals surface area contributed by atoms with Gasteiger partial charge in [0.2, 0.25) is 0 Å². The molecule has 0 bridgehead atoms. The van der Waals surface area contributed by atoms with Crippen LogP contribution < -0.4 is 5.32 Å². The average Bonchev–Trinajstić information content (AvgIpc) is 2.23. The molecule has 1 aromatic rings. The molecule has 0 fully saturated rings. The second kappa shape index (κ2) is 5.80. The molecular formula is C12H17F2NO. The molecule has 0 spiro atoms. The Kier molecular flexibility index (Phi) is 4.68. The number of rotatable bonds is 5. The summed E-state index contributed by atoms with van der Waals surface area (Å²) in [6, 6.07) is 2.30. The predicted molar refractivity (Wildman–Crippen MR) is 60.7 cm³/mol. The maximum Gasteiger partial charge on any atom is 0.146 e. The SMILES string of the molecule is CCOCC(C)Nc1cc(F)c(C)cc1F.